The van der Waals surface area contributed by atoms with E-state index in [1.807, 2.05) is 24.3 Å². The van der Waals surface area contributed by atoms with Crippen LogP contribution in [0.5, 0.6) is 0 Å². The molecule has 1 aromatic heterocycles. The van der Waals surface area contributed by atoms with Gasteiger partial charge in [-0.2, -0.15) is 0 Å². The summed E-state index contributed by atoms with van der Waals surface area (Å²) in [5.74, 6) is -0.0822. The quantitative estimate of drug-likeness (QED) is 0.794. The zero-order valence-electron chi connectivity index (χ0n) is 12.8. The Hall–Kier alpha value is -1.75. The minimum Gasteiger partial charge on any atom is -0.294 e. The van der Waals surface area contributed by atoms with Crippen LogP contribution in [0.4, 0.5) is 0 Å². The first-order valence-corrected chi connectivity index (χ1v) is 9.78. The molecule has 2 aromatic rings. The van der Waals surface area contributed by atoms with Crippen LogP contribution in [-0.2, 0) is 9.84 Å². The molecule has 0 aliphatic carbocycles. The Morgan fingerprint density at radius 2 is 1.83 bits per heavy atom. The van der Waals surface area contributed by atoms with Crippen LogP contribution in [0.2, 0.25) is 0 Å². The van der Waals surface area contributed by atoms with Crippen molar-refractivity contribution in [2.75, 3.05) is 0 Å². The number of hydrogen-bond donors (Lipinski definition) is 0. The van der Waals surface area contributed by atoms with Gasteiger partial charge in [0.15, 0.2) is 15.6 Å². The van der Waals surface area contributed by atoms with Crippen molar-refractivity contribution in [2.45, 2.75) is 42.6 Å². The normalized spacial score (nSPS) is 29.3. The number of fused-ring (bicyclic) bond motifs is 3. The number of benzene rings is 1. The lowest BCUT2D eigenvalue weighted by Gasteiger charge is -2.38. The van der Waals surface area contributed by atoms with E-state index in [0.29, 0.717) is 31.2 Å². The van der Waals surface area contributed by atoms with E-state index in [1.54, 1.807) is 12.4 Å². The maximum Gasteiger partial charge on any atom is 0.166 e. The number of ketones is 1. The lowest BCUT2D eigenvalue weighted by atomic mass is 9.83. The van der Waals surface area contributed by atoms with Crippen molar-refractivity contribution in [2.24, 2.45) is 5.92 Å². The van der Waals surface area contributed by atoms with E-state index in [2.05, 4.69) is 4.98 Å². The lowest BCUT2D eigenvalue weighted by molar-refractivity contribution is 0.0895. The first-order chi connectivity index (χ1) is 11.1. The van der Waals surface area contributed by atoms with Crippen LogP contribution >= 0.6 is 0 Å². The molecule has 23 heavy (non-hydrogen) atoms. The average molecular weight is 329 g/mol. The van der Waals surface area contributed by atoms with E-state index < -0.39 is 9.84 Å². The predicted molar refractivity (Wildman–Crippen MR) is 89.1 cm³/mol. The summed E-state index contributed by atoms with van der Waals surface area (Å²) in [7, 11) is -3.02. The number of aromatic nitrogens is 1. The molecule has 0 amide bonds. The molecule has 2 fully saturated rings. The molecule has 4 nitrogen and oxygen atoms in total. The molecular weight excluding hydrogens is 310 g/mol. The number of hydrogen-bond acceptors (Lipinski definition) is 4. The molecular formula is C18H19NO3S. The van der Waals surface area contributed by atoms with Gasteiger partial charge in [0.1, 0.15) is 0 Å². The summed E-state index contributed by atoms with van der Waals surface area (Å²) in [6, 6.07) is 7.53. The van der Waals surface area contributed by atoms with Gasteiger partial charge in [0.2, 0.25) is 0 Å². The minimum absolute atomic E-state index is 0.0913. The van der Waals surface area contributed by atoms with E-state index in [-0.39, 0.29) is 22.2 Å². The number of pyridine rings is 1. The predicted octanol–water partition coefficient (Wildman–Crippen LogP) is 3.16. The second-order valence-electron chi connectivity index (χ2n) is 6.70. The molecule has 2 saturated heterocycles. The molecule has 0 saturated carbocycles. The van der Waals surface area contributed by atoms with E-state index in [4.69, 9.17) is 0 Å². The third-order valence-electron chi connectivity index (χ3n) is 5.39. The Labute approximate surface area is 135 Å². The Morgan fingerprint density at radius 3 is 2.57 bits per heavy atom. The van der Waals surface area contributed by atoms with Crippen LogP contribution in [0.15, 0.2) is 36.7 Å². The first kappa shape index (κ1) is 14.8. The topological polar surface area (TPSA) is 64.1 Å². The van der Waals surface area contributed by atoms with E-state index in [9.17, 15) is 13.2 Å². The van der Waals surface area contributed by atoms with Crippen molar-refractivity contribution in [1.29, 1.82) is 0 Å². The van der Waals surface area contributed by atoms with Gasteiger partial charge in [0, 0.05) is 29.3 Å². The summed E-state index contributed by atoms with van der Waals surface area (Å²) in [6.45, 7) is 0. The van der Waals surface area contributed by atoms with Crippen LogP contribution in [0.1, 0.15) is 42.5 Å². The van der Waals surface area contributed by atoms with Crippen molar-refractivity contribution < 1.29 is 13.2 Å². The fraction of sp³-hybridized carbons (Fsp3) is 0.444. The summed E-state index contributed by atoms with van der Waals surface area (Å²) in [4.78, 5) is 17.1. The molecule has 2 unspecified atom stereocenters. The summed E-state index contributed by atoms with van der Waals surface area (Å²) >= 11 is 0. The summed E-state index contributed by atoms with van der Waals surface area (Å²) in [5.41, 5.74) is 0.701. The maximum atomic E-state index is 13.0. The van der Waals surface area contributed by atoms with Gasteiger partial charge in [0.25, 0.3) is 0 Å². The van der Waals surface area contributed by atoms with Gasteiger partial charge in [0.05, 0.1) is 10.5 Å². The van der Waals surface area contributed by atoms with Crippen LogP contribution in [-0.4, -0.2) is 29.7 Å². The number of carbonyl (C=O) groups excluding carboxylic acids is 1. The Kier molecular flexibility index (Phi) is 3.48. The Bertz CT molecular complexity index is 849. The number of sulfone groups is 1. The Morgan fingerprint density at radius 1 is 1.09 bits per heavy atom. The van der Waals surface area contributed by atoms with Gasteiger partial charge in [-0.25, -0.2) is 8.42 Å². The molecule has 5 heteroatoms. The van der Waals surface area contributed by atoms with Gasteiger partial charge >= 0.3 is 0 Å². The second kappa shape index (κ2) is 5.41. The molecule has 0 radical (unpaired) electrons. The van der Waals surface area contributed by atoms with Gasteiger partial charge in [-0.3, -0.25) is 9.78 Å². The van der Waals surface area contributed by atoms with Crippen LogP contribution < -0.4 is 0 Å². The first-order valence-electron chi connectivity index (χ1n) is 8.17. The summed E-state index contributed by atoms with van der Waals surface area (Å²) in [5, 5.41) is 1.22. The number of Topliss-reactive ketones (excluding diaryl/α,β-unsaturated/α-hetero) is 1. The Balaban J connectivity index is 1.70. The zero-order chi connectivity index (χ0) is 16.0. The highest BCUT2D eigenvalue weighted by atomic mass is 32.2. The van der Waals surface area contributed by atoms with Crippen LogP contribution in [0.25, 0.3) is 10.8 Å². The molecule has 3 heterocycles. The van der Waals surface area contributed by atoms with Crippen molar-refractivity contribution in [1.82, 2.24) is 4.98 Å². The third-order valence-corrected chi connectivity index (χ3v) is 8.11. The molecule has 2 atom stereocenters. The minimum atomic E-state index is -3.02. The highest BCUT2D eigenvalue weighted by molar-refractivity contribution is 7.92. The average Bonchev–Trinajstić information content (AvgIpc) is 2.52. The van der Waals surface area contributed by atoms with Crippen molar-refractivity contribution in [3.05, 3.63) is 42.2 Å². The molecule has 2 bridgehead atoms. The molecule has 120 valence electrons. The van der Waals surface area contributed by atoms with Crippen LogP contribution in [0.3, 0.4) is 0 Å². The fourth-order valence-corrected chi connectivity index (χ4v) is 6.72. The van der Waals surface area contributed by atoms with Gasteiger partial charge in [-0.15, -0.1) is 0 Å². The van der Waals surface area contributed by atoms with Crippen molar-refractivity contribution in [3.63, 3.8) is 0 Å². The maximum absolute atomic E-state index is 13.0. The molecule has 1 aromatic carbocycles. The SMILES string of the molecule is O=C(c1cccc2cnccc12)C1CC2CCCC(C1)S2(=O)=O. The highest BCUT2D eigenvalue weighted by Crippen LogP contribution is 2.40. The van der Waals surface area contributed by atoms with Crippen molar-refractivity contribution >= 4 is 26.4 Å². The monoisotopic (exact) mass is 329 g/mol. The second-order valence-corrected chi connectivity index (χ2v) is 9.21. The van der Waals surface area contributed by atoms with E-state index in [0.717, 1.165) is 17.2 Å². The third kappa shape index (κ3) is 2.38. The largest absolute Gasteiger partial charge is 0.294 e. The molecule has 0 N–H and O–H groups in total. The summed E-state index contributed by atoms with van der Waals surface area (Å²) in [6.07, 6.45) is 6.81. The lowest BCUT2D eigenvalue weighted by Crippen LogP contribution is -2.45. The highest BCUT2D eigenvalue weighted by Gasteiger charge is 2.46. The number of carbonyl (C=O) groups is 1. The van der Waals surface area contributed by atoms with Gasteiger partial charge < -0.3 is 0 Å². The number of rotatable bonds is 2. The molecule has 2 aliphatic rings. The standard InChI is InChI=1S/C18H19NO3S/c20-18(17-6-1-3-12-11-19-8-7-16(12)17)13-9-14-4-2-5-15(10-13)23(14,21)22/h1,3,6-8,11,13-15H,2,4-5,9-10H2. The zero-order valence-corrected chi connectivity index (χ0v) is 13.6. The molecule has 4 rings (SSSR count). The van der Waals surface area contributed by atoms with Gasteiger partial charge in [-0.05, 0) is 37.1 Å². The molecule has 2 aliphatic heterocycles. The number of nitrogens with zero attached hydrogens (tertiary/aromatic N) is 1. The fourth-order valence-electron chi connectivity index (χ4n) is 4.18. The van der Waals surface area contributed by atoms with Crippen molar-refractivity contribution in [3.8, 4) is 0 Å². The molecule has 0 spiro atoms. The summed E-state index contributed by atoms with van der Waals surface area (Å²) < 4.78 is 24.8. The van der Waals surface area contributed by atoms with Crippen LogP contribution in [0, 0.1) is 5.92 Å². The van der Waals surface area contributed by atoms with Gasteiger partial charge in [-0.1, -0.05) is 24.6 Å². The smallest absolute Gasteiger partial charge is 0.166 e. The van der Waals surface area contributed by atoms with E-state index in [1.165, 1.54) is 0 Å². The van der Waals surface area contributed by atoms with E-state index >= 15 is 0 Å².